The third-order valence-electron chi connectivity index (χ3n) is 7.43. The van der Waals surface area contributed by atoms with Crippen molar-refractivity contribution in [1.29, 1.82) is 0 Å². The number of piperidine rings is 1. The number of aromatic carboxylic acids is 1. The van der Waals surface area contributed by atoms with Crippen LogP contribution in [0.3, 0.4) is 0 Å². The number of nitrogens with zero attached hydrogens (tertiary/aromatic N) is 1. The highest BCUT2D eigenvalue weighted by Crippen LogP contribution is 2.45. The van der Waals surface area contributed by atoms with E-state index in [1.54, 1.807) is 19.2 Å². The molecule has 5 rings (SSSR count). The second kappa shape index (κ2) is 9.06. The Balaban J connectivity index is 1.61. The number of methoxy groups -OCH3 is 1. The number of fused-ring (bicyclic) bond motifs is 3. The van der Waals surface area contributed by atoms with Crippen LogP contribution >= 0.6 is 0 Å². The summed E-state index contributed by atoms with van der Waals surface area (Å²) in [6, 6.07) is 9.68. The number of aryl methyl sites for hydroxylation is 1. The van der Waals surface area contributed by atoms with Gasteiger partial charge >= 0.3 is 5.97 Å². The van der Waals surface area contributed by atoms with Crippen molar-refractivity contribution in [3.05, 3.63) is 64.3 Å². The fourth-order valence-electron chi connectivity index (χ4n) is 5.84. The van der Waals surface area contributed by atoms with Crippen LogP contribution in [0.5, 0.6) is 5.75 Å². The summed E-state index contributed by atoms with van der Waals surface area (Å²) in [6.07, 6.45) is 3.83. The number of benzene rings is 2. The lowest BCUT2D eigenvalue weighted by Crippen LogP contribution is -2.57. The van der Waals surface area contributed by atoms with E-state index in [-0.39, 0.29) is 11.7 Å². The molecular formula is C27H32N2O5. The fraction of sp³-hybridized carbons (Fsp3) is 0.444. The third-order valence-corrected chi connectivity index (χ3v) is 7.43. The first-order valence-corrected chi connectivity index (χ1v) is 11.9. The predicted molar refractivity (Wildman–Crippen MR) is 129 cm³/mol. The Morgan fingerprint density at radius 3 is 2.94 bits per heavy atom. The van der Waals surface area contributed by atoms with Gasteiger partial charge in [0.1, 0.15) is 5.75 Å². The molecule has 0 saturated carbocycles. The number of hydrogen-bond donors (Lipinski definition) is 2. The highest BCUT2D eigenvalue weighted by molar-refractivity contribution is 5.88. The maximum atomic E-state index is 11.6. The summed E-state index contributed by atoms with van der Waals surface area (Å²) in [5.74, 6) is -0.0424. The minimum atomic E-state index is -0.922. The minimum Gasteiger partial charge on any atom is -0.496 e. The van der Waals surface area contributed by atoms with Gasteiger partial charge in [-0.05, 0) is 67.6 Å². The Morgan fingerprint density at radius 1 is 1.32 bits per heavy atom. The van der Waals surface area contributed by atoms with Gasteiger partial charge in [-0.2, -0.15) is 0 Å². The van der Waals surface area contributed by atoms with Gasteiger partial charge in [0.2, 0.25) is 0 Å². The van der Waals surface area contributed by atoms with Crippen LogP contribution in [0.15, 0.2) is 36.5 Å². The van der Waals surface area contributed by atoms with Crippen LogP contribution in [0.2, 0.25) is 0 Å². The fourth-order valence-corrected chi connectivity index (χ4v) is 5.84. The van der Waals surface area contributed by atoms with Gasteiger partial charge in [0.15, 0.2) is 0 Å². The van der Waals surface area contributed by atoms with Crippen LogP contribution in [-0.4, -0.2) is 53.9 Å². The van der Waals surface area contributed by atoms with Gasteiger partial charge in [-0.3, -0.25) is 4.90 Å². The summed E-state index contributed by atoms with van der Waals surface area (Å²) in [5, 5.41) is 10.7. The van der Waals surface area contributed by atoms with E-state index in [1.165, 1.54) is 0 Å². The van der Waals surface area contributed by atoms with E-state index in [2.05, 4.69) is 28.9 Å². The molecule has 3 aromatic rings. The summed E-state index contributed by atoms with van der Waals surface area (Å²) in [6.45, 7) is 7.29. The topological polar surface area (TPSA) is 84.0 Å². The van der Waals surface area contributed by atoms with E-state index >= 15 is 0 Å². The summed E-state index contributed by atoms with van der Waals surface area (Å²) in [5.41, 5.74) is 5.39. The van der Waals surface area contributed by atoms with Gasteiger partial charge in [-0.25, -0.2) is 4.79 Å². The number of aromatic amines is 1. The predicted octanol–water partition coefficient (Wildman–Crippen LogP) is 4.61. The lowest BCUT2D eigenvalue weighted by atomic mass is 9.75. The maximum Gasteiger partial charge on any atom is 0.335 e. The molecule has 0 radical (unpaired) electrons. The van der Waals surface area contributed by atoms with Crippen molar-refractivity contribution < 1.29 is 24.1 Å². The zero-order chi connectivity index (χ0) is 23.9. The van der Waals surface area contributed by atoms with Gasteiger partial charge in [-0.15, -0.1) is 0 Å². The van der Waals surface area contributed by atoms with E-state index in [4.69, 9.17) is 14.2 Å². The average Bonchev–Trinajstić information content (AvgIpc) is 3.33. The SMILES string of the molecule is CCO[C@H]1CCN(Cc2c(OC)cc(C)c3[nH]ccc23)[C@]2(COCc3cc(C(=O)O)ccc32)C1. The molecule has 2 aromatic carbocycles. The summed E-state index contributed by atoms with van der Waals surface area (Å²) >= 11 is 0. The Morgan fingerprint density at radius 2 is 2.18 bits per heavy atom. The van der Waals surface area contributed by atoms with Gasteiger partial charge < -0.3 is 24.3 Å². The number of rotatable bonds is 6. The average molecular weight is 465 g/mol. The van der Waals surface area contributed by atoms with Crippen molar-refractivity contribution in [3.63, 3.8) is 0 Å². The zero-order valence-electron chi connectivity index (χ0n) is 20.0. The summed E-state index contributed by atoms with van der Waals surface area (Å²) < 4.78 is 18.1. The van der Waals surface area contributed by atoms with Crippen molar-refractivity contribution in [2.24, 2.45) is 0 Å². The maximum absolute atomic E-state index is 11.6. The quantitative estimate of drug-likeness (QED) is 0.554. The molecular weight excluding hydrogens is 432 g/mol. The van der Waals surface area contributed by atoms with Crippen LogP contribution in [0.4, 0.5) is 0 Å². The molecule has 3 heterocycles. The molecule has 1 aromatic heterocycles. The first-order chi connectivity index (χ1) is 16.5. The Hall–Kier alpha value is -2.87. The minimum absolute atomic E-state index is 0.127. The smallest absolute Gasteiger partial charge is 0.335 e. The van der Waals surface area contributed by atoms with E-state index < -0.39 is 11.5 Å². The molecule has 1 fully saturated rings. The molecule has 1 spiro atoms. The van der Waals surface area contributed by atoms with Gasteiger partial charge in [-0.1, -0.05) is 6.07 Å². The Labute approximate surface area is 199 Å². The highest BCUT2D eigenvalue weighted by Gasteiger charge is 2.47. The monoisotopic (exact) mass is 464 g/mol. The number of ether oxygens (including phenoxy) is 3. The molecule has 2 atom stereocenters. The summed E-state index contributed by atoms with van der Waals surface area (Å²) in [4.78, 5) is 17.5. The van der Waals surface area contributed by atoms with E-state index in [9.17, 15) is 9.90 Å². The Bertz CT molecular complexity index is 1220. The zero-order valence-corrected chi connectivity index (χ0v) is 20.0. The number of carboxylic acids is 1. The van der Waals surface area contributed by atoms with Crippen LogP contribution < -0.4 is 4.74 Å². The van der Waals surface area contributed by atoms with Crippen LogP contribution in [0, 0.1) is 6.92 Å². The molecule has 0 amide bonds. The lowest BCUT2D eigenvalue weighted by molar-refractivity contribution is -0.107. The van der Waals surface area contributed by atoms with E-state index in [0.29, 0.717) is 26.4 Å². The molecule has 2 N–H and O–H groups in total. The van der Waals surface area contributed by atoms with Crippen LogP contribution in [0.1, 0.15) is 52.4 Å². The van der Waals surface area contributed by atoms with Gasteiger partial charge in [0.25, 0.3) is 0 Å². The lowest BCUT2D eigenvalue weighted by Gasteiger charge is -2.52. The molecule has 0 unspecified atom stereocenters. The second-order valence-corrected chi connectivity index (χ2v) is 9.33. The second-order valence-electron chi connectivity index (χ2n) is 9.33. The van der Waals surface area contributed by atoms with Crippen LogP contribution in [0.25, 0.3) is 10.9 Å². The number of H-pyrrole nitrogens is 1. The molecule has 180 valence electrons. The van der Waals surface area contributed by atoms with Crippen molar-refractivity contribution in [2.75, 3.05) is 26.9 Å². The first kappa shape index (κ1) is 22.9. The highest BCUT2D eigenvalue weighted by atomic mass is 16.5. The Kier molecular flexibility index (Phi) is 6.10. The van der Waals surface area contributed by atoms with Crippen LogP contribution in [-0.2, 0) is 28.2 Å². The number of hydrogen-bond acceptors (Lipinski definition) is 5. The molecule has 1 saturated heterocycles. The van der Waals surface area contributed by atoms with Gasteiger partial charge in [0, 0.05) is 42.4 Å². The third kappa shape index (κ3) is 3.78. The van der Waals surface area contributed by atoms with E-state index in [0.717, 1.165) is 58.3 Å². The number of nitrogens with one attached hydrogen (secondary N) is 1. The normalized spacial score (nSPS) is 22.7. The molecule has 0 bridgehead atoms. The molecule has 2 aliphatic heterocycles. The van der Waals surface area contributed by atoms with Crippen molar-refractivity contribution >= 4 is 16.9 Å². The number of aromatic nitrogens is 1. The largest absolute Gasteiger partial charge is 0.496 e. The van der Waals surface area contributed by atoms with Crippen molar-refractivity contribution in [3.8, 4) is 5.75 Å². The van der Waals surface area contributed by atoms with E-state index in [1.807, 2.05) is 19.2 Å². The molecule has 34 heavy (non-hydrogen) atoms. The number of carbonyl (C=O) groups is 1. The molecule has 0 aliphatic carbocycles. The van der Waals surface area contributed by atoms with Crippen molar-refractivity contribution in [1.82, 2.24) is 9.88 Å². The molecule has 2 aliphatic rings. The summed E-state index contributed by atoms with van der Waals surface area (Å²) in [7, 11) is 1.72. The molecule has 7 nitrogen and oxygen atoms in total. The van der Waals surface area contributed by atoms with Gasteiger partial charge in [0.05, 0.1) is 37.5 Å². The standard InChI is InChI=1S/C27H32N2O5/c1-4-34-20-8-10-29(14-22-21-7-9-28-25(21)17(2)11-24(22)32-3)27(13-20)16-33-15-19-12-18(26(30)31)5-6-23(19)27/h5-7,9,11-12,20,28H,4,8,10,13-16H2,1-3H3,(H,30,31)/t20-,27-/m0/s1. The van der Waals surface area contributed by atoms with Crippen molar-refractivity contribution in [2.45, 2.75) is 51.5 Å². The first-order valence-electron chi connectivity index (χ1n) is 11.9. The number of likely N-dealkylation sites (tertiary alicyclic amines) is 1. The number of carboxylic acid groups (broad SMARTS) is 1. The molecule has 7 heteroatoms.